The zero-order valence-electron chi connectivity index (χ0n) is 10.8. The molecule has 0 amide bonds. The fourth-order valence-corrected chi connectivity index (χ4v) is 3.64. The molecule has 0 atom stereocenters. The smallest absolute Gasteiger partial charge is 0.193 e. The third-order valence-corrected chi connectivity index (χ3v) is 4.79. The third-order valence-electron chi connectivity index (χ3n) is 3.12. The minimum Gasteiger partial charge on any atom is -0.333 e. The molecule has 1 aromatic carbocycles. The van der Waals surface area contributed by atoms with Crippen molar-refractivity contribution < 1.29 is 0 Å². The van der Waals surface area contributed by atoms with E-state index in [0.29, 0.717) is 0 Å². The van der Waals surface area contributed by atoms with Crippen molar-refractivity contribution in [2.75, 3.05) is 0 Å². The summed E-state index contributed by atoms with van der Waals surface area (Å²) in [5.74, 6) is 0.827. The van der Waals surface area contributed by atoms with Crippen molar-refractivity contribution in [3.8, 4) is 0 Å². The summed E-state index contributed by atoms with van der Waals surface area (Å²) in [6.45, 7) is 2.09. The van der Waals surface area contributed by atoms with Gasteiger partial charge in [-0.2, -0.15) is 0 Å². The van der Waals surface area contributed by atoms with Gasteiger partial charge in [-0.1, -0.05) is 17.8 Å². The molecule has 6 heteroatoms. The van der Waals surface area contributed by atoms with Crippen molar-refractivity contribution in [1.29, 1.82) is 0 Å². The largest absolute Gasteiger partial charge is 0.333 e. The van der Waals surface area contributed by atoms with Crippen molar-refractivity contribution in [2.24, 2.45) is 0 Å². The molecule has 4 rings (SSSR count). The lowest BCUT2D eigenvalue weighted by Gasteiger charge is -1.92. The summed E-state index contributed by atoms with van der Waals surface area (Å²) in [5, 5.41) is 2.99. The van der Waals surface area contributed by atoms with Crippen LogP contribution in [0.5, 0.6) is 0 Å². The van der Waals surface area contributed by atoms with E-state index >= 15 is 0 Å². The summed E-state index contributed by atoms with van der Waals surface area (Å²) < 4.78 is 2.06. The van der Waals surface area contributed by atoms with E-state index in [-0.39, 0.29) is 0 Å². The third kappa shape index (κ3) is 2.10. The molecule has 4 nitrogen and oxygen atoms in total. The Morgan fingerprint density at radius 3 is 3.20 bits per heavy atom. The van der Waals surface area contributed by atoms with Crippen LogP contribution in [0.1, 0.15) is 11.3 Å². The monoisotopic (exact) mass is 300 g/mol. The van der Waals surface area contributed by atoms with Gasteiger partial charge in [-0.05, 0) is 24.6 Å². The molecule has 0 aliphatic carbocycles. The van der Waals surface area contributed by atoms with E-state index in [4.69, 9.17) is 0 Å². The Balaban J connectivity index is 1.56. The van der Waals surface area contributed by atoms with Gasteiger partial charge in [0.05, 0.1) is 16.7 Å². The summed E-state index contributed by atoms with van der Waals surface area (Å²) >= 11 is 3.34. The average molecular weight is 300 g/mol. The predicted octanol–water partition coefficient (Wildman–Crippen LogP) is 3.87. The van der Waals surface area contributed by atoms with Gasteiger partial charge in [0.25, 0.3) is 0 Å². The number of aromatic amines is 1. The Labute approximate surface area is 123 Å². The number of nitrogens with one attached hydrogen (secondary N) is 1. The van der Waals surface area contributed by atoms with Gasteiger partial charge in [0, 0.05) is 23.5 Å². The van der Waals surface area contributed by atoms with Crippen LogP contribution in [0.2, 0.25) is 0 Å². The average Bonchev–Trinajstić information content (AvgIpc) is 3.08. The molecule has 1 N–H and O–H groups in total. The molecule has 0 bridgehead atoms. The Morgan fingerprint density at radius 2 is 2.30 bits per heavy atom. The molecule has 0 aliphatic rings. The first kappa shape index (κ1) is 12.0. The Kier molecular flexibility index (Phi) is 2.78. The summed E-state index contributed by atoms with van der Waals surface area (Å²) in [6, 6.07) is 6.26. The van der Waals surface area contributed by atoms with Crippen LogP contribution in [0, 0.1) is 6.92 Å². The molecule has 0 saturated heterocycles. The molecule has 0 saturated carbocycles. The molecule has 0 radical (unpaired) electrons. The maximum atomic E-state index is 4.59. The number of aryl methyl sites for hydroxylation is 1. The molecule has 3 aromatic heterocycles. The predicted molar refractivity (Wildman–Crippen MR) is 83.5 cm³/mol. The number of thioether (sulfide) groups is 1. The number of benzene rings is 1. The van der Waals surface area contributed by atoms with Crippen LogP contribution in [-0.2, 0) is 5.75 Å². The molecule has 20 heavy (non-hydrogen) atoms. The quantitative estimate of drug-likeness (QED) is 0.584. The summed E-state index contributed by atoms with van der Waals surface area (Å²) in [7, 11) is 0. The lowest BCUT2D eigenvalue weighted by atomic mass is 10.2. The van der Waals surface area contributed by atoms with E-state index in [2.05, 4.69) is 50.7 Å². The van der Waals surface area contributed by atoms with Gasteiger partial charge in [0.15, 0.2) is 10.1 Å². The van der Waals surface area contributed by atoms with Crippen LogP contribution < -0.4 is 0 Å². The number of nitrogens with zero attached hydrogens (tertiary/aromatic N) is 3. The maximum Gasteiger partial charge on any atom is 0.193 e. The van der Waals surface area contributed by atoms with Crippen LogP contribution in [0.3, 0.4) is 0 Å². The zero-order chi connectivity index (χ0) is 13.5. The standard InChI is InChI=1S/C14H12N4S2/c1-9-2-3-11-12(6-9)17-13(16-11)20-8-10-7-18-4-5-19-14(18)15-10/h2-7H,8H2,1H3,(H,16,17). The van der Waals surface area contributed by atoms with Crippen LogP contribution in [0.15, 0.2) is 41.1 Å². The van der Waals surface area contributed by atoms with Gasteiger partial charge in [-0.25, -0.2) is 9.97 Å². The second-order valence-corrected chi connectivity index (χ2v) is 6.51. The van der Waals surface area contributed by atoms with Gasteiger partial charge in [0.2, 0.25) is 0 Å². The van der Waals surface area contributed by atoms with Gasteiger partial charge >= 0.3 is 0 Å². The van der Waals surface area contributed by atoms with Crippen LogP contribution in [-0.4, -0.2) is 19.4 Å². The second-order valence-electron chi connectivity index (χ2n) is 4.68. The number of H-pyrrole nitrogens is 1. The zero-order valence-corrected chi connectivity index (χ0v) is 12.5. The second kappa shape index (κ2) is 4.64. The van der Waals surface area contributed by atoms with Crippen LogP contribution in [0.25, 0.3) is 16.0 Å². The number of rotatable bonds is 3. The minimum atomic E-state index is 0.827. The molecule has 0 fully saturated rings. The van der Waals surface area contributed by atoms with E-state index in [1.807, 2.05) is 11.6 Å². The number of hydrogen-bond acceptors (Lipinski definition) is 4. The lowest BCUT2D eigenvalue weighted by Crippen LogP contribution is -1.81. The van der Waals surface area contributed by atoms with Crippen LogP contribution in [0.4, 0.5) is 0 Å². The van der Waals surface area contributed by atoms with Crippen molar-refractivity contribution >= 4 is 39.1 Å². The SMILES string of the molecule is Cc1ccc2nc(SCc3cn4ccsc4n3)[nH]c2c1. The fourth-order valence-electron chi connectivity index (χ4n) is 2.16. The van der Waals surface area contributed by atoms with E-state index in [9.17, 15) is 0 Å². The topological polar surface area (TPSA) is 46.0 Å². The number of fused-ring (bicyclic) bond motifs is 2. The van der Waals surface area contributed by atoms with Gasteiger partial charge < -0.3 is 4.98 Å². The first-order valence-corrected chi connectivity index (χ1v) is 8.15. The lowest BCUT2D eigenvalue weighted by molar-refractivity contribution is 1.07. The molecular weight excluding hydrogens is 288 g/mol. The maximum absolute atomic E-state index is 4.59. The molecular formula is C14H12N4S2. The highest BCUT2D eigenvalue weighted by Crippen LogP contribution is 2.24. The van der Waals surface area contributed by atoms with Crippen molar-refractivity contribution in [2.45, 2.75) is 17.8 Å². The van der Waals surface area contributed by atoms with Gasteiger partial charge in [-0.3, -0.25) is 4.40 Å². The fraction of sp³-hybridized carbons (Fsp3) is 0.143. The summed E-state index contributed by atoms with van der Waals surface area (Å²) in [4.78, 5) is 13.6. The number of aromatic nitrogens is 4. The van der Waals surface area contributed by atoms with Crippen molar-refractivity contribution in [1.82, 2.24) is 19.4 Å². The van der Waals surface area contributed by atoms with E-state index in [1.165, 1.54) is 5.56 Å². The Bertz CT molecular complexity index is 858. The first-order valence-electron chi connectivity index (χ1n) is 6.28. The van der Waals surface area contributed by atoms with E-state index in [0.717, 1.165) is 32.6 Å². The van der Waals surface area contributed by atoms with Crippen molar-refractivity contribution in [3.05, 3.63) is 47.2 Å². The number of imidazole rings is 2. The molecule has 100 valence electrons. The molecule has 0 unspecified atom stereocenters. The molecule has 0 aliphatic heterocycles. The Morgan fingerprint density at radius 1 is 1.35 bits per heavy atom. The summed E-state index contributed by atoms with van der Waals surface area (Å²) in [6.07, 6.45) is 4.11. The normalized spacial score (nSPS) is 11.7. The van der Waals surface area contributed by atoms with Crippen molar-refractivity contribution in [3.63, 3.8) is 0 Å². The Hall–Kier alpha value is -1.79. The van der Waals surface area contributed by atoms with Gasteiger partial charge in [0.1, 0.15) is 0 Å². The minimum absolute atomic E-state index is 0.827. The molecule has 0 spiro atoms. The number of thiazole rings is 1. The van der Waals surface area contributed by atoms with E-state index in [1.54, 1.807) is 23.1 Å². The van der Waals surface area contributed by atoms with Crippen LogP contribution >= 0.6 is 23.1 Å². The highest BCUT2D eigenvalue weighted by molar-refractivity contribution is 7.98. The molecule has 4 aromatic rings. The van der Waals surface area contributed by atoms with Gasteiger partial charge in [-0.15, -0.1) is 11.3 Å². The summed E-state index contributed by atoms with van der Waals surface area (Å²) in [5.41, 5.74) is 4.44. The molecule has 3 heterocycles. The highest BCUT2D eigenvalue weighted by Gasteiger charge is 2.06. The van der Waals surface area contributed by atoms with E-state index < -0.39 is 0 Å². The number of hydrogen-bond donors (Lipinski definition) is 1. The highest BCUT2D eigenvalue weighted by atomic mass is 32.2. The first-order chi connectivity index (χ1) is 9.78.